The van der Waals surface area contributed by atoms with E-state index in [9.17, 15) is 4.79 Å². The summed E-state index contributed by atoms with van der Waals surface area (Å²) in [5, 5.41) is 8.31. The van der Waals surface area contributed by atoms with E-state index in [-0.39, 0.29) is 6.04 Å². The SMILES string of the molecule is NC(/C=C/C(=O)O)c1ccc[nH]1. The van der Waals surface area contributed by atoms with E-state index in [1.165, 1.54) is 6.08 Å². The van der Waals surface area contributed by atoms with Crippen LogP contribution < -0.4 is 5.73 Å². The Kier molecular flexibility index (Phi) is 2.66. The van der Waals surface area contributed by atoms with Gasteiger partial charge in [-0.25, -0.2) is 4.79 Å². The standard InChI is InChI=1S/C8H10N2O2/c9-6(3-4-8(11)12)7-2-1-5-10-7/h1-6,10H,9H2,(H,11,12)/b4-3+. The molecule has 0 amide bonds. The first kappa shape index (κ1) is 8.55. The van der Waals surface area contributed by atoms with Crippen molar-refractivity contribution in [3.8, 4) is 0 Å². The lowest BCUT2D eigenvalue weighted by Crippen LogP contribution is -2.07. The zero-order valence-corrected chi connectivity index (χ0v) is 6.40. The normalized spacial score (nSPS) is 13.4. The molecule has 0 saturated carbocycles. The number of H-pyrrole nitrogens is 1. The van der Waals surface area contributed by atoms with E-state index in [1.54, 1.807) is 12.3 Å². The highest BCUT2D eigenvalue weighted by Crippen LogP contribution is 2.07. The van der Waals surface area contributed by atoms with E-state index in [0.29, 0.717) is 0 Å². The van der Waals surface area contributed by atoms with E-state index in [4.69, 9.17) is 10.8 Å². The second-order valence-electron chi connectivity index (χ2n) is 2.35. The van der Waals surface area contributed by atoms with Crippen LogP contribution in [0.1, 0.15) is 11.7 Å². The first-order valence-corrected chi connectivity index (χ1v) is 3.50. The molecule has 0 aliphatic rings. The van der Waals surface area contributed by atoms with Crippen molar-refractivity contribution < 1.29 is 9.90 Å². The fourth-order valence-electron chi connectivity index (χ4n) is 0.841. The molecule has 0 aliphatic carbocycles. The van der Waals surface area contributed by atoms with Gasteiger partial charge in [-0.05, 0) is 12.1 Å². The van der Waals surface area contributed by atoms with Crippen molar-refractivity contribution in [2.24, 2.45) is 5.73 Å². The highest BCUT2D eigenvalue weighted by molar-refractivity contribution is 5.79. The zero-order chi connectivity index (χ0) is 8.97. The Morgan fingerprint density at radius 1 is 1.75 bits per heavy atom. The van der Waals surface area contributed by atoms with Gasteiger partial charge in [0.25, 0.3) is 0 Å². The maximum absolute atomic E-state index is 10.1. The van der Waals surface area contributed by atoms with Crippen LogP contribution in [0, 0.1) is 0 Å². The Morgan fingerprint density at radius 3 is 3.00 bits per heavy atom. The van der Waals surface area contributed by atoms with Gasteiger partial charge >= 0.3 is 5.97 Å². The largest absolute Gasteiger partial charge is 0.478 e. The molecule has 0 spiro atoms. The maximum atomic E-state index is 10.1. The zero-order valence-electron chi connectivity index (χ0n) is 6.40. The Bertz CT molecular complexity index is 277. The molecule has 1 aromatic rings. The van der Waals surface area contributed by atoms with Crippen LogP contribution in [0.15, 0.2) is 30.5 Å². The quantitative estimate of drug-likeness (QED) is 0.577. The molecule has 0 aromatic carbocycles. The fraction of sp³-hybridized carbons (Fsp3) is 0.125. The van der Waals surface area contributed by atoms with Crippen LogP contribution in [0.3, 0.4) is 0 Å². The molecule has 1 aromatic heterocycles. The van der Waals surface area contributed by atoms with Crippen LogP contribution in [0.2, 0.25) is 0 Å². The third-order valence-corrected chi connectivity index (χ3v) is 1.43. The van der Waals surface area contributed by atoms with Gasteiger partial charge in [-0.1, -0.05) is 6.08 Å². The van der Waals surface area contributed by atoms with Crippen LogP contribution in [-0.2, 0) is 4.79 Å². The molecule has 4 N–H and O–H groups in total. The molecular weight excluding hydrogens is 156 g/mol. The summed E-state index contributed by atoms with van der Waals surface area (Å²) in [5.41, 5.74) is 6.40. The number of hydrogen-bond donors (Lipinski definition) is 3. The third-order valence-electron chi connectivity index (χ3n) is 1.43. The number of nitrogens with two attached hydrogens (primary N) is 1. The molecule has 12 heavy (non-hydrogen) atoms. The van der Waals surface area contributed by atoms with Gasteiger partial charge in [-0.3, -0.25) is 0 Å². The van der Waals surface area contributed by atoms with Crippen LogP contribution in [0.5, 0.6) is 0 Å². The van der Waals surface area contributed by atoms with Gasteiger partial charge in [-0.15, -0.1) is 0 Å². The first-order valence-electron chi connectivity index (χ1n) is 3.50. The minimum atomic E-state index is -0.989. The van der Waals surface area contributed by atoms with Gasteiger partial charge in [0.05, 0.1) is 6.04 Å². The average molecular weight is 166 g/mol. The highest BCUT2D eigenvalue weighted by Gasteiger charge is 2.01. The molecule has 0 saturated heterocycles. The lowest BCUT2D eigenvalue weighted by atomic mass is 10.2. The second kappa shape index (κ2) is 3.73. The van der Waals surface area contributed by atoms with E-state index in [2.05, 4.69) is 4.98 Å². The summed E-state index contributed by atoms with van der Waals surface area (Å²) in [5.74, 6) is -0.989. The van der Waals surface area contributed by atoms with Crippen LogP contribution in [-0.4, -0.2) is 16.1 Å². The molecule has 1 heterocycles. The van der Waals surface area contributed by atoms with Crippen LogP contribution in [0.4, 0.5) is 0 Å². The first-order chi connectivity index (χ1) is 5.70. The van der Waals surface area contributed by atoms with Gasteiger partial charge in [0, 0.05) is 18.0 Å². The number of carboxylic acids is 1. The molecule has 4 heteroatoms. The predicted molar refractivity (Wildman–Crippen MR) is 44.5 cm³/mol. The lowest BCUT2D eigenvalue weighted by Gasteiger charge is -2.01. The summed E-state index contributed by atoms with van der Waals surface area (Å²) in [4.78, 5) is 13.0. The lowest BCUT2D eigenvalue weighted by molar-refractivity contribution is -0.131. The molecule has 1 atom stereocenters. The monoisotopic (exact) mass is 166 g/mol. The van der Waals surface area contributed by atoms with Crippen molar-refractivity contribution in [3.63, 3.8) is 0 Å². The molecule has 0 bridgehead atoms. The Balaban J connectivity index is 2.61. The number of aromatic nitrogens is 1. The summed E-state index contributed by atoms with van der Waals surface area (Å²) in [6, 6.07) is 3.23. The summed E-state index contributed by atoms with van der Waals surface area (Å²) in [7, 11) is 0. The van der Waals surface area contributed by atoms with Crippen molar-refractivity contribution in [2.45, 2.75) is 6.04 Å². The van der Waals surface area contributed by atoms with Crippen molar-refractivity contribution in [1.29, 1.82) is 0 Å². The van der Waals surface area contributed by atoms with Gasteiger partial charge in [0.1, 0.15) is 0 Å². The number of aliphatic carboxylic acids is 1. The van der Waals surface area contributed by atoms with Crippen molar-refractivity contribution in [3.05, 3.63) is 36.2 Å². The molecular formula is C8H10N2O2. The molecule has 0 aliphatic heterocycles. The van der Waals surface area contributed by atoms with E-state index < -0.39 is 5.97 Å². The van der Waals surface area contributed by atoms with Crippen LogP contribution in [0.25, 0.3) is 0 Å². The van der Waals surface area contributed by atoms with Gasteiger partial charge in [0.2, 0.25) is 0 Å². The molecule has 1 rings (SSSR count). The average Bonchev–Trinajstić information content (AvgIpc) is 2.51. The van der Waals surface area contributed by atoms with E-state index in [1.807, 2.05) is 6.07 Å². The molecule has 0 radical (unpaired) electrons. The minimum absolute atomic E-state index is 0.379. The smallest absolute Gasteiger partial charge is 0.328 e. The van der Waals surface area contributed by atoms with Gasteiger partial charge in [0.15, 0.2) is 0 Å². The van der Waals surface area contributed by atoms with Crippen molar-refractivity contribution in [2.75, 3.05) is 0 Å². The van der Waals surface area contributed by atoms with E-state index >= 15 is 0 Å². The van der Waals surface area contributed by atoms with E-state index in [0.717, 1.165) is 11.8 Å². The molecule has 4 nitrogen and oxygen atoms in total. The topological polar surface area (TPSA) is 79.1 Å². The molecule has 1 unspecified atom stereocenters. The molecule has 64 valence electrons. The van der Waals surface area contributed by atoms with Gasteiger partial charge < -0.3 is 15.8 Å². The number of rotatable bonds is 3. The Labute approximate surface area is 69.7 Å². The van der Waals surface area contributed by atoms with Crippen molar-refractivity contribution in [1.82, 2.24) is 4.98 Å². The number of carboxylic acid groups (broad SMARTS) is 1. The maximum Gasteiger partial charge on any atom is 0.328 e. The predicted octanol–water partition coefficient (Wildman–Crippen LogP) is 0.655. The Morgan fingerprint density at radius 2 is 2.50 bits per heavy atom. The number of aromatic amines is 1. The minimum Gasteiger partial charge on any atom is -0.478 e. The highest BCUT2D eigenvalue weighted by atomic mass is 16.4. The number of hydrogen-bond acceptors (Lipinski definition) is 2. The molecule has 0 fully saturated rings. The summed E-state index contributed by atoms with van der Waals surface area (Å²) in [6.07, 6.45) is 4.20. The third kappa shape index (κ3) is 2.25. The summed E-state index contributed by atoms with van der Waals surface area (Å²) >= 11 is 0. The summed E-state index contributed by atoms with van der Waals surface area (Å²) < 4.78 is 0. The summed E-state index contributed by atoms with van der Waals surface area (Å²) in [6.45, 7) is 0. The number of nitrogens with one attached hydrogen (secondary N) is 1. The Hall–Kier alpha value is -1.55. The second-order valence-corrected chi connectivity index (χ2v) is 2.35. The fourth-order valence-corrected chi connectivity index (χ4v) is 0.841. The van der Waals surface area contributed by atoms with Gasteiger partial charge in [-0.2, -0.15) is 0 Å². The van der Waals surface area contributed by atoms with Crippen molar-refractivity contribution >= 4 is 5.97 Å². The van der Waals surface area contributed by atoms with Crippen LogP contribution >= 0.6 is 0 Å². The number of carbonyl (C=O) groups is 1.